The van der Waals surface area contributed by atoms with E-state index in [1.54, 1.807) is 20.2 Å². The minimum atomic E-state index is -4.39. The molecule has 5 aliphatic rings. The van der Waals surface area contributed by atoms with Gasteiger partial charge in [0.1, 0.15) is 24.7 Å². The highest BCUT2D eigenvalue weighted by Gasteiger charge is 2.37. The Balaban J connectivity index is 0.000000188. The number of hydrogen-bond acceptors (Lipinski definition) is 7. The van der Waals surface area contributed by atoms with Crippen LogP contribution in [0.15, 0.2) is 84.1 Å². The molecule has 0 radical (unpaired) electrons. The molecule has 12 heteroatoms. The molecule has 0 bridgehead atoms. The van der Waals surface area contributed by atoms with Crippen molar-refractivity contribution in [3.8, 4) is 11.5 Å². The average molecular weight is 946 g/mol. The van der Waals surface area contributed by atoms with Crippen molar-refractivity contribution in [3.05, 3.63) is 134 Å². The Morgan fingerprint density at radius 2 is 1.19 bits per heavy atom. The monoisotopic (exact) mass is 946 g/mol. The lowest BCUT2D eigenvalue weighted by molar-refractivity contribution is -0.138. The highest BCUT2D eigenvalue weighted by Crippen LogP contribution is 2.42. The molecule has 9 nitrogen and oxygen atoms in total. The zero-order chi connectivity index (χ0) is 48.8. The van der Waals surface area contributed by atoms with E-state index in [-0.39, 0.29) is 36.2 Å². The summed E-state index contributed by atoms with van der Waals surface area (Å²) in [6.07, 6.45) is 5.23. The molecule has 9 rings (SSSR count). The van der Waals surface area contributed by atoms with Gasteiger partial charge >= 0.3 is 6.18 Å². The predicted octanol–water partition coefficient (Wildman–Crippen LogP) is 10.6. The van der Waals surface area contributed by atoms with Crippen LogP contribution in [-0.2, 0) is 48.2 Å². The van der Waals surface area contributed by atoms with E-state index in [1.165, 1.54) is 55.7 Å². The van der Waals surface area contributed by atoms with Gasteiger partial charge in [0.25, 0.3) is 0 Å². The maximum atomic E-state index is 13.6. The second-order valence-corrected chi connectivity index (χ2v) is 20.3. The number of aromatic nitrogens is 1. The minimum Gasteiger partial charge on any atom is -0.489 e. The summed E-state index contributed by atoms with van der Waals surface area (Å²) < 4.78 is 52.8. The standard InChI is InChI=1S/C29H34F3N3O2.C28H36N2O2/c1-18-21(14-35-15-22(16-35)28(36)33-2)8-7-20-11-24(9-10-25(18)20)37-17-23-12-26(19-5-3-4-6-19)27(13-34-23)29(30,31)32;1-19(2)13-21-5-7-22(8-6-21)18-32-26-11-12-27-20(3)24(10-9-23(27)14-26)15-30-16-25(17-30)28(31)29-4/h9-13,19,22H,3-8,14-17H2,1-2H3,(H,33,36);5-8,11-12,14,19,25H,9-10,13,15-18H2,1-4H3,(H,29,31). The third-order valence-electron chi connectivity index (χ3n) is 14.9. The molecule has 1 saturated carbocycles. The first-order valence-electron chi connectivity index (χ1n) is 25.1. The Bertz CT molecular complexity index is 2530. The number of pyridine rings is 1. The van der Waals surface area contributed by atoms with Crippen LogP contribution in [0.1, 0.15) is 122 Å². The number of nitrogens with zero attached hydrogens (tertiary/aromatic N) is 3. The van der Waals surface area contributed by atoms with Crippen molar-refractivity contribution in [2.45, 2.75) is 111 Å². The number of hydrogen-bond donors (Lipinski definition) is 2. The Hall–Kier alpha value is -5.46. The molecule has 368 valence electrons. The van der Waals surface area contributed by atoms with E-state index in [0.29, 0.717) is 29.5 Å². The minimum absolute atomic E-state index is 0.0583. The van der Waals surface area contributed by atoms with Crippen LogP contribution in [0.25, 0.3) is 11.1 Å². The van der Waals surface area contributed by atoms with Gasteiger partial charge in [0.2, 0.25) is 11.8 Å². The lowest BCUT2D eigenvalue weighted by Gasteiger charge is -2.39. The Morgan fingerprint density at radius 3 is 1.67 bits per heavy atom. The number of likely N-dealkylation sites (tertiary alicyclic amines) is 2. The molecule has 2 amide bonds. The molecule has 2 N–H and O–H groups in total. The second kappa shape index (κ2) is 22.1. The van der Waals surface area contributed by atoms with Crippen LogP contribution in [0.4, 0.5) is 13.2 Å². The Kier molecular flexibility index (Phi) is 16.0. The summed E-state index contributed by atoms with van der Waals surface area (Å²) >= 11 is 0. The molecule has 2 saturated heterocycles. The normalized spacial score (nSPS) is 17.9. The summed E-state index contributed by atoms with van der Waals surface area (Å²) in [7, 11) is 3.40. The third kappa shape index (κ3) is 12.3. The van der Waals surface area contributed by atoms with Gasteiger partial charge in [0.15, 0.2) is 0 Å². The number of carbonyl (C=O) groups excluding carboxylic acids is 2. The predicted molar refractivity (Wildman–Crippen MR) is 267 cm³/mol. The van der Waals surface area contributed by atoms with Gasteiger partial charge in [-0.2, -0.15) is 13.2 Å². The number of rotatable bonds is 15. The molecule has 3 fully saturated rings. The van der Waals surface area contributed by atoms with Crippen LogP contribution < -0.4 is 20.1 Å². The maximum absolute atomic E-state index is 13.6. The van der Waals surface area contributed by atoms with Crippen LogP contribution in [0.5, 0.6) is 11.5 Å². The highest BCUT2D eigenvalue weighted by atomic mass is 19.4. The summed E-state index contributed by atoms with van der Waals surface area (Å²) in [5, 5.41) is 5.48. The molecule has 2 aliphatic heterocycles. The molecule has 69 heavy (non-hydrogen) atoms. The van der Waals surface area contributed by atoms with Crippen molar-refractivity contribution in [3.63, 3.8) is 0 Å². The van der Waals surface area contributed by atoms with Crippen molar-refractivity contribution >= 4 is 23.0 Å². The van der Waals surface area contributed by atoms with Gasteiger partial charge in [0.05, 0.1) is 23.1 Å². The molecular weight excluding hydrogens is 876 g/mol. The van der Waals surface area contributed by atoms with Gasteiger partial charge in [-0.3, -0.25) is 24.4 Å². The van der Waals surface area contributed by atoms with Crippen molar-refractivity contribution in [2.24, 2.45) is 17.8 Å². The fourth-order valence-electron chi connectivity index (χ4n) is 10.8. The number of benzene rings is 3. The number of fused-ring (bicyclic) bond motifs is 2. The number of amides is 2. The van der Waals surface area contributed by atoms with Crippen molar-refractivity contribution in [1.29, 1.82) is 0 Å². The van der Waals surface area contributed by atoms with Crippen LogP contribution in [0, 0.1) is 17.8 Å². The fraction of sp³-hybridized carbons (Fsp3) is 0.491. The van der Waals surface area contributed by atoms with E-state index in [4.69, 9.17) is 9.47 Å². The summed E-state index contributed by atoms with van der Waals surface area (Å²) in [4.78, 5) is 32.3. The number of nitrogens with one attached hydrogen (secondary N) is 2. The van der Waals surface area contributed by atoms with E-state index in [9.17, 15) is 22.8 Å². The van der Waals surface area contributed by atoms with Crippen molar-refractivity contribution < 1.29 is 32.2 Å². The largest absolute Gasteiger partial charge is 0.489 e. The first-order chi connectivity index (χ1) is 33.1. The zero-order valence-electron chi connectivity index (χ0n) is 41.4. The lowest BCUT2D eigenvalue weighted by atomic mass is 9.85. The maximum Gasteiger partial charge on any atom is 0.418 e. The van der Waals surface area contributed by atoms with Gasteiger partial charge in [-0.15, -0.1) is 0 Å². The van der Waals surface area contributed by atoms with Gasteiger partial charge in [-0.05, 0) is 151 Å². The van der Waals surface area contributed by atoms with E-state index in [0.717, 1.165) is 109 Å². The van der Waals surface area contributed by atoms with Crippen LogP contribution in [0.2, 0.25) is 0 Å². The fourth-order valence-corrected chi connectivity index (χ4v) is 10.8. The average Bonchev–Trinajstić information content (AvgIpc) is 3.86. The van der Waals surface area contributed by atoms with Gasteiger partial charge in [0, 0.05) is 59.6 Å². The SMILES string of the molecule is CNC(=O)C1CN(CC2=C(C)c3ccc(OCc4cc(C5CCCC5)c(C(F)(F)F)cn4)cc3CC2)C1.CNC(=O)C1CN(CC2=C(C)c3ccc(OCc4ccc(CC(C)C)cc4)cc3CC2)C1. The molecule has 1 aromatic heterocycles. The number of carbonyl (C=O) groups is 2. The summed E-state index contributed by atoms with van der Waals surface area (Å²) in [5.41, 5.74) is 13.6. The number of ether oxygens (including phenoxy) is 2. The molecule has 0 spiro atoms. The van der Waals surface area contributed by atoms with E-state index in [1.807, 2.05) is 12.1 Å². The van der Waals surface area contributed by atoms with E-state index < -0.39 is 11.7 Å². The van der Waals surface area contributed by atoms with Crippen LogP contribution in [-0.4, -0.2) is 80.0 Å². The summed E-state index contributed by atoms with van der Waals surface area (Å²) in [5.74, 6) is 2.80. The van der Waals surface area contributed by atoms with E-state index in [2.05, 4.69) is 102 Å². The number of alkyl halides is 3. The van der Waals surface area contributed by atoms with Gasteiger partial charge in [-0.1, -0.05) is 74.2 Å². The summed E-state index contributed by atoms with van der Waals surface area (Å²) in [6, 6.07) is 23.0. The number of aryl methyl sites for hydroxylation is 2. The quantitative estimate of drug-likeness (QED) is 0.123. The van der Waals surface area contributed by atoms with Crippen molar-refractivity contribution in [2.75, 3.05) is 53.4 Å². The Labute approximate surface area is 406 Å². The highest BCUT2D eigenvalue weighted by molar-refractivity contribution is 5.80. The topological polar surface area (TPSA) is 96.0 Å². The number of allylic oxidation sites excluding steroid dienone is 2. The lowest BCUT2D eigenvalue weighted by Crippen LogP contribution is -2.53. The first kappa shape index (κ1) is 49.9. The van der Waals surface area contributed by atoms with Crippen molar-refractivity contribution in [1.82, 2.24) is 25.4 Å². The summed E-state index contributed by atoms with van der Waals surface area (Å²) in [6.45, 7) is 14.8. The molecule has 3 heterocycles. The Morgan fingerprint density at radius 1 is 0.696 bits per heavy atom. The zero-order valence-corrected chi connectivity index (χ0v) is 41.4. The molecule has 3 aliphatic carbocycles. The molecule has 3 aromatic carbocycles. The number of halogens is 3. The first-order valence-corrected chi connectivity index (χ1v) is 25.1. The van der Waals surface area contributed by atoms with Gasteiger partial charge in [-0.25, -0.2) is 0 Å². The molecule has 0 unspecified atom stereocenters. The third-order valence-corrected chi connectivity index (χ3v) is 14.9. The van der Waals surface area contributed by atoms with Crippen LogP contribution in [0.3, 0.4) is 0 Å². The smallest absolute Gasteiger partial charge is 0.418 e. The molecular formula is C57H70F3N5O4. The molecule has 4 aromatic rings. The van der Waals surface area contributed by atoms with E-state index >= 15 is 0 Å². The second-order valence-electron chi connectivity index (χ2n) is 20.3. The van der Waals surface area contributed by atoms with Crippen LogP contribution >= 0.6 is 0 Å². The molecule has 0 atom stereocenters. The van der Waals surface area contributed by atoms with Gasteiger partial charge < -0.3 is 20.1 Å².